The van der Waals surface area contributed by atoms with Gasteiger partial charge in [0.05, 0.1) is 17.6 Å². The molecular formula is C23H23FN6. The van der Waals surface area contributed by atoms with Crippen molar-refractivity contribution in [1.29, 1.82) is 0 Å². The van der Waals surface area contributed by atoms with Crippen molar-refractivity contribution in [2.24, 2.45) is 0 Å². The molecule has 2 aromatic carbocycles. The zero-order chi connectivity index (χ0) is 20.7. The molecule has 1 saturated carbocycles. The topological polar surface area (TPSA) is 67.7 Å². The molecule has 0 radical (unpaired) electrons. The van der Waals surface area contributed by atoms with E-state index >= 15 is 0 Å². The lowest BCUT2D eigenvalue weighted by Crippen LogP contribution is -2.11. The maximum Gasteiger partial charge on any atom is 0.225 e. The lowest BCUT2D eigenvalue weighted by Gasteiger charge is -2.16. The number of aryl methyl sites for hydroxylation is 1. The fourth-order valence-corrected chi connectivity index (χ4v) is 3.50. The number of aromatic nitrogens is 4. The minimum absolute atomic E-state index is 0.0737. The van der Waals surface area contributed by atoms with Crippen LogP contribution in [0.25, 0.3) is 10.9 Å². The first-order valence-corrected chi connectivity index (χ1v) is 10.2. The van der Waals surface area contributed by atoms with Crippen molar-refractivity contribution in [1.82, 2.24) is 19.7 Å². The first-order chi connectivity index (χ1) is 14.5. The van der Waals surface area contributed by atoms with Gasteiger partial charge in [-0.15, -0.1) is 0 Å². The van der Waals surface area contributed by atoms with Gasteiger partial charge in [-0.1, -0.05) is 23.8 Å². The van der Waals surface area contributed by atoms with Crippen molar-refractivity contribution in [3.63, 3.8) is 0 Å². The Balaban J connectivity index is 1.47. The molecule has 1 fully saturated rings. The SMILES string of the molecule is Cc1ccc2nc(N[C@@H](C)c3ccc(F)cc3)nc(Nc3ccn(C4CC4)n3)c2c1. The molecule has 2 N–H and O–H groups in total. The van der Waals surface area contributed by atoms with Crippen LogP contribution in [0.3, 0.4) is 0 Å². The molecule has 30 heavy (non-hydrogen) atoms. The molecule has 0 unspecified atom stereocenters. The summed E-state index contributed by atoms with van der Waals surface area (Å²) in [4.78, 5) is 9.42. The minimum atomic E-state index is -0.250. The zero-order valence-corrected chi connectivity index (χ0v) is 16.9. The largest absolute Gasteiger partial charge is 0.348 e. The van der Waals surface area contributed by atoms with E-state index < -0.39 is 0 Å². The molecule has 0 saturated heterocycles. The van der Waals surface area contributed by atoms with E-state index in [-0.39, 0.29) is 11.9 Å². The van der Waals surface area contributed by atoms with Crippen molar-refractivity contribution in [2.75, 3.05) is 10.6 Å². The molecule has 0 spiro atoms. The van der Waals surface area contributed by atoms with Crippen molar-refractivity contribution in [3.8, 4) is 0 Å². The molecule has 5 rings (SSSR count). The van der Waals surface area contributed by atoms with Crippen LogP contribution in [0, 0.1) is 12.7 Å². The first kappa shape index (κ1) is 18.5. The van der Waals surface area contributed by atoms with E-state index in [1.54, 1.807) is 12.1 Å². The van der Waals surface area contributed by atoms with Crippen molar-refractivity contribution < 1.29 is 4.39 Å². The molecule has 2 heterocycles. The Bertz CT molecular complexity index is 1200. The summed E-state index contributed by atoms with van der Waals surface area (Å²) < 4.78 is 15.2. The Kier molecular flexibility index (Phi) is 4.58. The van der Waals surface area contributed by atoms with Gasteiger partial charge in [-0.05, 0) is 56.5 Å². The van der Waals surface area contributed by atoms with Crippen LogP contribution in [0.4, 0.5) is 22.0 Å². The first-order valence-electron chi connectivity index (χ1n) is 10.2. The molecule has 6 nitrogen and oxygen atoms in total. The highest BCUT2D eigenvalue weighted by molar-refractivity contribution is 5.92. The molecule has 1 aliphatic rings. The van der Waals surface area contributed by atoms with Gasteiger partial charge in [-0.3, -0.25) is 4.68 Å². The van der Waals surface area contributed by atoms with E-state index in [1.165, 1.54) is 25.0 Å². The van der Waals surface area contributed by atoms with Gasteiger partial charge in [0.15, 0.2) is 5.82 Å². The number of nitrogens with zero attached hydrogens (tertiary/aromatic N) is 4. The fraction of sp³-hybridized carbons (Fsp3) is 0.261. The van der Waals surface area contributed by atoms with E-state index in [9.17, 15) is 4.39 Å². The van der Waals surface area contributed by atoms with Crippen LogP contribution in [0.15, 0.2) is 54.7 Å². The standard InChI is InChI=1S/C23H23FN6/c1-14-3-10-20-19(13-14)22(27-21-11-12-30(29-21)18-8-9-18)28-23(26-20)25-15(2)16-4-6-17(24)7-5-16/h3-7,10-13,15,18H,8-9H2,1-2H3,(H2,25,26,27,28,29)/t15-/m0/s1. The van der Waals surface area contributed by atoms with Crippen LogP contribution in [0.5, 0.6) is 0 Å². The van der Waals surface area contributed by atoms with Gasteiger partial charge in [0.25, 0.3) is 0 Å². The minimum Gasteiger partial charge on any atom is -0.348 e. The number of hydrogen-bond donors (Lipinski definition) is 2. The summed E-state index contributed by atoms with van der Waals surface area (Å²) in [6.07, 6.45) is 4.38. The number of nitrogens with one attached hydrogen (secondary N) is 2. The van der Waals surface area contributed by atoms with E-state index in [1.807, 2.05) is 42.9 Å². The summed E-state index contributed by atoms with van der Waals surface area (Å²) in [6.45, 7) is 4.05. The smallest absolute Gasteiger partial charge is 0.225 e. The third-order valence-electron chi connectivity index (χ3n) is 5.34. The zero-order valence-electron chi connectivity index (χ0n) is 16.9. The summed E-state index contributed by atoms with van der Waals surface area (Å²) in [5.74, 6) is 1.73. The lowest BCUT2D eigenvalue weighted by molar-refractivity contribution is 0.626. The molecular weight excluding hydrogens is 379 g/mol. The number of fused-ring (bicyclic) bond motifs is 1. The van der Waals surface area contributed by atoms with E-state index in [2.05, 4.69) is 26.8 Å². The Hall–Kier alpha value is -3.48. The average Bonchev–Trinajstić information content (AvgIpc) is 3.48. The summed E-state index contributed by atoms with van der Waals surface area (Å²) >= 11 is 0. The number of anilines is 3. The Morgan fingerprint density at radius 1 is 1.07 bits per heavy atom. The number of hydrogen-bond acceptors (Lipinski definition) is 5. The summed E-state index contributed by atoms with van der Waals surface area (Å²) in [6, 6.07) is 15.0. The second kappa shape index (κ2) is 7.40. The van der Waals surface area contributed by atoms with E-state index in [0.717, 1.165) is 27.8 Å². The molecule has 1 atom stereocenters. The van der Waals surface area contributed by atoms with Crippen LogP contribution in [0.1, 0.15) is 43.0 Å². The predicted octanol–water partition coefficient (Wildman–Crippen LogP) is 5.53. The highest BCUT2D eigenvalue weighted by atomic mass is 19.1. The van der Waals surface area contributed by atoms with E-state index in [4.69, 9.17) is 4.98 Å². The third kappa shape index (κ3) is 3.83. The molecule has 2 aromatic heterocycles. The number of halogens is 1. The van der Waals surface area contributed by atoms with Gasteiger partial charge < -0.3 is 10.6 Å². The molecule has 152 valence electrons. The molecule has 1 aliphatic carbocycles. The molecule has 0 bridgehead atoms. The summed E-state index contributed by atoms with van der Waals surface area (Å²) in [5.41, 5.74) is 2.94. The maximum atomic E-state index is 13.2. The Morgan fingerprint density at radius 3 is 2.63 bits per heavy atom. The normalized spacial score (nSPS) is 14.6. The van der Waals surface area contributed by atoms with Crippen molar-refractivity contribution >= 4 is 28.5 Å². The summed E-state index contributed by atoms with van der Waals surface area (Å²) in [7, 11) is 0. The predicted molar refractivity (Wildman–Crippen MR) is 116 cm³/mol. The van der Waals surface area contributed by atoms with Crippen LogP contribution in [-0.2, 0) is 0 Å². The van der Waals surface area contributed by atoms with Crippen molar-refractivity contribution in [2.45, 2.75) is 38.8 Å². The van der Waals surface area contributed by atoms with Gasteiger partial charge in [-0.25, -0.2) is 9.37 Å². The van der Waals surface area contributed by atoms with Gasteiger partial charge in [0.1, 0.15) is 11.6 Å². The van der Waals surface area contributed by atoms with Crippen LogP contribution in [0.2, 0.25) is 0 Å². The highest BCUT2D eigenvalue weighted by Gasteiger charge is 2.24. The second-order valence-electron chi connectivity index (χ2n) is 7.87. The lowest BCUT2D eigenvalue weighted by atomic mass is 10.1. The highest BCUT2D eigenvalue weighted by Crippen LogP contribution is 2.35. The molecule has 4 aromatic rings. The molecule has 0 amide bonds. The van der Waals surface area contributed by atoms with Crippen LogP contribution in [-0.4, -0.2) is 19.7 Å². The monoisotopic (exact) mass is 402 g/mol. The summed E-state index contributed by atoms with van der Waals surface area (Å²) in [5, 5.41) is 12.3. The quantitative estimate of drug-likeness (QED) is 0.444. The van der Waals surface area contributed by atoms with Crippen molar-refractivity contribution in [3.05, 3.63) is 71.7 Å². The van der Waals surface area contributed by atoms with E-state index in [0.29, 0.717) is 17.8 Å². The Labute approximate surface area is 174 Å². The third-order valence-corrected chi connectivity index (χ3v) is 5.34. The second-order valence-corrected chi connectivity index (χ2v) is 7.87. The molecule has 0 aliphatic heterocycles. The average molecular weight is 402 g/mol. The number of benzene rings is 2. The van der Waals surface area contributed by atoms with Crippen LogP contribution >= 0.6 is 0 Å². The fourth-order valence-electron chi connectivity index (χ4n) is 3.50. The maximum absolute atomic E-state index is 13.2. The van der Waals surface area contributed by atoms with Gasteiger partial charge in [0.2, 0.25) is 5.95 Å². The Morgan fingerprint density at radius 2 is 1.87 bits per heavy atom. The van der Waals surface area contributed by atoms with Gasteiger partial charge >= 0.3 is 0 Å². The number of rotatable bonds is 6. The molecule has 7 heteroatoms. The van der Waals surface area contributed by atoms with Gasteiger partial charge in [-0.2, -0.15) is 10.1 Å². The van der Waals surface area contributed by atoms with Crippen LogP contribution < -0.4 is 10.6 Å². The van der Waals surface area contributed by atoms with Gasteiger partial charge in [0, 0.05) is 17.6 Å².